The molecule has 0 radical (unpaired) electrons. The van der Waals surface area contributed by atoms with Crippen LogP contribution in [-0.2, 0) is 0 Å². The molecule has 2 unspecified atom stereocenters. The summed E-state index contributed by atoms with van der Waals surface area (Å²) >= 11 is 5.70. The lowest BCUT2D eigenvalue weighted by Gasteiger charge is -2.17. The van der Waals surface area contributed by atoms with E-state index in [0.29, 0.717) is 0 Å². The molecule has 8 heteroatoms. The fourth-order valence-electron chi connectivity index (χ4n) is 0.844. The number of aliphatic hydroxyl groups is 1. The fraction of sp³-hybridized carbons (Fsp3) is 0.500. The van der Waals surface area contributed by atoms with E-state index in [2.05, 4.69) is 4.98 Å². The first-order valence-corrected chi connectivity index (χ1v) is 3.91. The van der Waals surface area contributed by atoms with Gasteiger partial charge < -0.3 is 16.6 Å². The number of halogens is 3. The maximum atomic E-state index is 9.49. The minimum atomic E-state index is -0.917. The van der Waals surface area contributed by atoms with Crippen molar-refractivity contribution < 1.29 is 5.11 Å². The summed E-state index contributed by atoms with van der Waals surface area (Å²) in [5.41, 5.74) is 10.7. The van der Waals surface area contributed by atoms with Gasteiger partial charge in [0.15, 0.2) is 6.23 Å². The largest absolute Gasteiger partial charge is 0.372 e. The highest BCUT2D eigenvalue weighted by atomic mass is 35.5. The van der Waals surface area contributed by atoms with Gasteiger partial charge in [-0.1, -0.05) is 0 Å². The number of aromatic nitrogens is 2. The van der Waals surface area contributed by atoms with Crippen LogP contribution in [-0.4, -0.2) is 26.6 Å². The highest BCUT2D eigenvalue weighted by molar-refractivity contribution is 6.21. The van der Waals surface area contributed by atoms with Crippen molar-refractivity contribution in [3.8, 4) is 0 Å². The summed E-state index contributed by atoms with van der Waals surface area (Å²) in [7, 11) is 0. The maximum Gasteiger partial charge on any atom is 0.202 e. The molecule has 0 saturated heterocycles. The Labute approximate surface area is 99.2 Å². The summed E-state index contributed by atoms with van der Waals surface area (Å²) in [5, 5.41) is 8.94. The molecule has 0 bridgehead atoms. The van der Waals surface area contributed by atoms with Gasteiger partial charge in [-0.15, -0.1) is 36.4 Å². The molecule has 5 nitrogen and oxygen atoms in total. The van der Waals surface area contributed by atoms with Gasteiger partial charge in [0.25, 0.3) is 0 Å². The van der Waals surface area contributed by atoms with Crippen molar-refractivity contribution in [2.24, 2.45) is 5.73 Å². The van der Waals surface area contributed by atoms with Crippen molar-refractivity contribution >= 4 is 42.4 Å². The number of nitrogen functional groups attached to an aromatic ring is 1. The zero-order valence-electron chi connectivity index (χ0n) is 7.21. The van der Waals surface area contributed by atoms with Crippen LogP contribution in [0.25, 0.3) is 0 Å². The monoisotopic (exact) mass is 262 g/mol. The highest BCUT2D eigenvalue weighted by Gasteiger charge is 2.17. The Kier molecular flexibility index (Phi) is 8.28. The molecule has 1 aromatic rings. The number of aliphatic hydroxyl groups excluding tert-OH is 1. The lowest BCUT2D eigenvalue weighted by atomic mass is 10.3. The molecule has 0 saturated carbocycles. The van der Waals surface area contributed by atoms with Crippen molar-refractivity contribution in [1.82, 2.24) is 9.55 Å². The maximum absolute atomic E-state index is 9.49. The third-order valence-corrected chi connectivity index (χ3v) is 1.94. The van der Waals surface area contributed by atoms with Gasteiger partial charge in [-0.05, 0) is 0 Å². The Bertz CT molecular complexity index is 257. The Hall–Kier alpha value is -0.200. The Morgan fingerprint density at radius 2 is 2.14 bits per heavy atom. The van der Waals surface area contributed by atoms with Crippen LogP contribution in [0.3, 0.4) is 0 Å². The van der Waals surface area contributed by atoms with E-state index in [1.807, 2.05) is 0 Å². The molecular formula is C6H13Cl3N4O. The van der Waals surface area contributed by atoms with Gasteiger partial charge in [0, 0.05) is 18.9 Å². The SMILES string of the molecule is Cl.Cl.NCC(Cl)C(O)n1ccnc1N. The molecule has 1 aromatic heterocycles. The number of nitrogens with two attached hydrogens (primary N) is 2. The lowest BCUT2D eigenvalue weighted by Crippen LogP contribution is -2.27. The summed E-state index contributed by atoms with van der Waals surface area (Å²) in [5.74, 6) is 0.224. The average molecular weight is 264 g/mol. The predicted octanol–water partition coefficient (Wildman–Crippen LogP) is 0.366. The van der Waals surface area contributed by atoms with Crippen LogP contribution in [0.2, 0.25) is 0 Å². The summed E-state index contributed by atoms with van der Waals surface area (Å²) in [4.78, 5) is 3.74. The number of alkyl halides is 1. The molecular weight excluding hydrogens is 250 g/mol. The number of rotatable bonds is 3. The summed E-state index contributed by atoms with van der Waals surface area (Å²) in [6.45, 7) is 0.181. The minimum Gasteiger partial charge on any atom is -0.372 e. The van der Waals surface area contributed by atoms with Crippen molar-refractivity contribution in [2.75, 3.05) is 12.3 Å². The van der Waals surface area contributed by atoms with E-state index in [4.69, 9.17) is 23.1 Å². The van der Waals surface area contributed by atoms with Gasteiger partial charge in [0.1, 0.15) is 0 Å². The average Bonchev–Trinajstić information content (AvgIpc) is 2.48. The van der Waals surface area contributed by atoms with Crippen LogP contribution in [0.15, 0.2) is 12.4 Å². The molecule has 2 atom stereocenters. The fourth-order valence-corrected chi connectivity index (χ4v) is 0.966. The third-order valence-electron chi connectivity index (χ3n) is 1.53. The van der Waals surface area contributed by atoms with Crippen molar-refractivity contribution in [1.29, 1.82) is 0 Å². The first-order chi connectivity index (χ1) is 5.66. The second kappa shape index (κ2) is 7.14. The van der Waals surface area contributed by atoms with Crippen LogP contribution in [0.1, 0.15) is 6.23 Å². The van der Waals surface area contributed by atoms with E-state index in [-0.39, 0.29) is 37.3 Å². The normalized spacial score (nSPS) is 13.6. The molecule has 5 N–H and O–H groups in total. The molecule has 0 aliphatic rings. The van der Waals surface area contributed by atoms with Crippen LogP contribution in [0.5, 0.6) is 0 Å². The molecule has 1 rings (SSSR count). The molecule has 14 heavy (non-hydrogen) atoms. The topological polar surface area (TPSA) is 90.1 Å². The molecule has 0 spiro atoms. The molecule has 0 amide bonds. The zero-order chi connectivity index (χ0) is 9.14. The molecule has 0 aliphatic heterocycles. The van der Waals surface area contributed by atoms with Gasteiger partial charge in [0.2, 0.25) is 5.95 Å². The number of nitrogens with zero attached hydrogens (tertiary/aromatic N) is 2. The number of hydrogen-bond donors (Lipinski definition) is 3. The first-order valence-electron chi connectivity index (χ1n) is 3.47. The van der Waals surface area contributed by atoms with Crippen LogP contribution in [0, 0.1) is 0 Å². The Morgan fingerprint density at radius 1 is 1.57 bits per heavy atom. The number of imidazole rings is 1. The number of anilines is 1. The van der Waals surface area contributed by atoms with E-state index in [0.717, 1.165) is 0 Å². The molecule has 0 aromatic carbocycles. The second-order valence-electron chi connectivity index (χ2n) is 2.36. The Balaban J connectivity index is 0. The highest BCUT2D eigenvalue weighted by Crippen LogP contribution is 2.15. The van der Waals surface area contributed by atoms with E-state index in [1.54, 1.807) is 6.20 Å². The minimum absolute atomic E-state index is 0. The smallest absolute Gasteiger partial charge is 0.202 e. The van der Waals surface area contributed by atoms with Crippen molar-refractivity contribution in [3.63, 3.8) is 0 Å². The van der Waals surface area contributed by atoms with Gasteiger partial charge in [-0.25, -0.2) is 4.98 Å². The van der Waals surface area contributed by atoms with Crippen LogP contribution < -0.4 is 11.5 Å². The summed E-state index contributed by atoms with van der Waals surface area (Å²) in [6, 6.07) is 0. The molecule has 84 valence electrons. The van der Waals surface area contributed by atoms with Crippen molar-refractivity contribution in [3.05, 3.63) is 12.4 Å². The summed E-state index contributed by atoms with van der Waals surface area (Å²) in [6.07, 6.45) is 2.11. The Morgan fingerprint density at radius 3 is 2.50 bits per heavy atom. The summed E-state index contributed by atoms with van der Waals surface area (Å²) < 4.78 is 1.37. The number of hydrogen-bond acceptors (Lipinski definition) is 4. The van der Waals surface area contributed by atoms with E-state index in [1.165, 1.54) is 10.8 Å². The first kappa shape index (κ1) is 16.2. The molecule has 1 heterocycles. The van der Waals surface area contributed by atoms with Gasteiger partial charge in [-0.3, -0.25) is 4.57 Å². The molecule has 0 fully saturated rings. The van der Waals surface area contributed by atoms with Gasteiger partial charge in [-0.2, -0.15) is 0 Å². The zero-order valence-corrected chi connectivity index (χ0v) is 9.60. The van der Waals surface area contributed by atoms with E-state index >= 15 is 0 Å². The van der Waals surface area contributed by atoms with Crippen LogP contribution in [0.4, 0.5) is 5.95 Å². The molecule has 0 aliphatic carbocycles. The van der Waals surface area contributed by atoms with Gasteiger partial charge in [0.05, 0.1) is 5.38 Å². The third kappa shape index (κ3) is 3.51. The van der Waals surface area contributed by atoms with E-state index in [9.17, 15) is 5.11 Å². The van der Waals surface area contributed by atoms with Crippen molar-refractivity contribution in [2.45, 2.75) is 11.6 Å². The lowest BCUT2D eigenvalue weighted by molar-refractivity contribution is 0.103. The van der Waals surface area contributed by atoms with Gasteiger partial charge >= 0.3 is 0 Å². The standard InChI is InChI=1S/C6H11ClN4O.2ClH/c7-4(3-8)5(12)11-2-1-10-6(11)9;;/h1-2,4-5,12H,3,8H2,(H2,9,10);2*1H. The van der Waals surface area contributed by atoms with E-state index < -0.39 is 11.6 Å². The predicted molar refractivity (Wildman–Crippen MR) is 61.1 cm³/mol. The quantitative estimate of drug-likeness (QED) is 0.687. The van der Waals surface area contributed by atoms with Crippen LogP contribution >= 0.6 is 36.4 Å². The second-order valence-corrected chi connectivity index (χ2v) is 2.92.